The second-order valence-electron chi connectivity index (χ2n) is 6.32. The number of halogens is 1. The number of carbonyl (C=O) groups excluding carboxylic acids is 2. The summed E-state index contributed by atoms with van der Waals surface area (Å²) in [5.74, 6) is 0.0443. The van der Waals surface area contributed by atoms with Crippen molar-refractivity contribution in [2.24, 2.45) is 5.92 Å². The summed E-state index contributed by atoms with van der Waals surface area (Å²) in [6, 6.07) is 9.43. The quantitative estimate of drug-likeness (QED) is 0.710. The van der Waals surface area contributed by atoms with Crippen molar-refractivity contribution < 1.29 is 9.59 Å². The maximum atomic E-state index is 12.4. The molecule has 134 valence electrons. The fourth-order valence-corrected chi connectivity index (χ4v) is 5.09. The standard InChI is InChI=1S/C18H16ClN3O2S2/c1-10-2-3-12-7-16(26-18(12)21-10)22-9-11(6-15(22)23)8-20-17(24)13-4-5-14(19)25-13/h2-5,7,11H,6,8-9H2,1H3,(H,20,24)/t11-/m0/s1. The topological polar surface area (TPSA) is 62.3 Å². The van der Waals surface area contributed by atoms with E-state index in [1.165, 1.54) is 22.7 Å². The van der Waals surface area contributed by atoms with Crippen LogP contribution < -0.4 is 10.2 Å². The van der Waals surface area contributed by atoms with Crippen LogP contribution in [0.5, 0.6) is 0 Å². The van der Waals surface area contributed by atoms with Crippen LogP contribution in [0.4, 0.5) is 5.00 Å². The van der Waals surface area contributed by atoms with Gasteiger partial charge in [-0.2, -0.15) is 0 Å². The molecular weight excluding hydrogens is 390 g/mol. The van der Waals surface area contributed by atoms with Crippen molar-refractivity contribution in [3.8, 4) is 0 Å². The van der Waals surface area contributed by atoms with Gasteiger partial charge in [-0.05, 0) is 31.2 Å². The van der Waals surface area contributed by atoms with Gasteiger partial charge in [0.1, 0.15) is 9.83 Å². The van der Waals surface area contributed by atoms with Crippen molar-refractivity contribution in [2.45, 2.75) is 13.3 Å². The molecule has 0 aromatic carbocycles. The van der Waals surface area contributed by atoms with Gasteiger partial charge in [0.25, 0.3) is 5.91 Å². The lowest BCUT2D eigenvalue weighted by atomic mass is 10.1. The molecule has 1 aliphatic rings. The first-order valence-electron chi connectivity index (χ1n) is 8.20. The first-order valence-corrected chi connectivity index (χ1v) is 10.2. The highest BCUT2D eigenvalue weighted by atomic mass is 35.5. The van der Waals surface area contributed by atoms with Crippen LogP contribution in [-0.2, 0) is 4.79 Å². The van der Waals surface area contributed by atoms with Crippen molar-refractivity contribution >= 4 is 61.3 Å². The van der Waals surface area contributed by atoms with E-state index < -0.39 is 0 Å². The van der Waals surface area contributed by atoms with Gasteiger partial charge in [0.15, 0.2) is 0 Å². The van der Waals surface area contributed by atoms with Gasteiger partial charge in [0.05, 0.1) is 9.21 Å². The lowest BCUT2D eigenvalue weighted by Gasteiger charge is -2.14. The minimum Gasteiger partial charge on any atom is -0.351 e. The highest BCUT2D eigenvalue weighted by Crippen LogP contribution is 2.35. The molecular formula is C18H16ClN3O2S2. The van der Waals surface area contributed by atoms with E-state index in [4.69, 9.17) is 11.6 Å². The zero-order valence-corrected chi connectivity index (χ0v) is 16.4. The highest BCUT2D eigenvalue weighted by molar-refractivity contribution is 7.22. The van der Waals surface area contributed by atoms with Crippen molar-refractivity contribution in [1.82, 2.24) is 10.3 Å². The van der Waals surface area contributed by atoms with E-state index in [9.17, 15) is 9.59 Å². The molecule has 0 spiro atoms. The van der Waals surface area contributed by atoms with Gasteiger partial charge in [0, 0.05) is 36.5 Å². The second-order valence-corrected chi connectivity index (χ2v) is 9.04. The summed E-state index contributed by atoms with van der Waals surface area (Å²) in [7, 11) is 0. The number of hydrogen-bond acceptors (Lipinski definition) is 5. The Labute approximate surface area is 163 Å². The van der Waals surface area contributed by atoms with Crippen LogP contribution in [0.1, 0.15) is 21.8 Å². The van der Waals surface area contributed by atoms with Crippen LogP contribution in [0.25, 0.3) is 10.2 Å². The molecule has 3 aromatic rings. The molecule has 0 saturated carbocycles. The van der Waals surface area contributed by atoms with Crippen molar-refractivity contribution in [2.75, 3.05) is 18.0 Å². The molecule has 3 aromatic heterocycles. The van der Waals surface area contributed by atoms with Gasteiger partial charge in [-0.25, -0.2) is 4.98 Å². The van der Waals surface area contributed by atoms with Crippen molar-refractivity contribution in [1.29, 1.82) is 0 Å². The zero-order valence-electron chi connectivity index (χ0n) is 14.0. The third-order valence-electron chi connectivity index (χ3n) is 4.33. The Balaban J connectivity index is 1.42. The minimum absolute atomic E-state index is 0.0895. The Hall–Kier alpha value is -1.96. The molecule has 1 N–H and O–H groups in total. The van der Waals surface area contributed by atoms with Crippen LogP contribution >= 0.6 is 34.3 Å². The summed E-state index contributed by atoms with van der Waals surface area (Å²) >= 11 is 8.65. The Morgan fingerprint density at radius 1 is 1.35 bits per heavy atom. The van der Waals surface area contributed by atoms with Crippen LogP contribution in [0, 0.1) is 12.8 Å². The lowest BCUT2D eigenvalue weighted by Crippen LogP contribution is -2.30. The Bertz CT molecular complexity index is 997. The molecule has 1 saturated heterocycles. The summed E-state index contributed by atoms with van der Waals surface area (Å²) in [6.07, 6.45) is 0.437. The number of amides is 2. The molecule has 1 aliphatic heterocycles. The van der Waals surface area contributed by atoms with Gasteiger partial charge < -0.3 is 10.2 Å². The predicted molar refractivity (Wildman–Crippen MR) is 106 cm³/mol. The maximum Gasteiger partial charge on any atom is 0.261 e. The average Bonchev–Trinajstić information content (AvgIpc) is 3.30. The normalized spacial score (nSPS) is 17.2. The molecule has 0 bridgehead atoms. The van der Waals surface area contributed by atoms with Gasteiger partial charge in [-0.3, -0.25) is 9.59 Å². The fourth-order valence-electron chi connectivity index (χ4n) is 3.02. The number of rotatable bonds is 4. The molecule has 8 heteroatoms. The van der Waals surface area contributed by atoms with Crippen LogP contribution in [0.3, 0.4) is 0 Å². The smallest absolute Gasteiger partial charge is 0.261 e. The Kier molecular flexibility index (Phi) is 4.69. The second kappa shape index (κ2) is 6.98. The third kappa shape index (κ3) is 3.47. The summed E-state index contributed by atoms with van der Waals surface area (Å²) in [6.45, 7) is 3.04. The summed E-state index contributed by atoms with van der Waals surface area (Å²) in [4.78, 5) is 32.4. The molecule has 4 heterocycles. The number of aryl methyl sites for hydroxylation is 1. The van der Waals surface area contributed by atoms with Crippen LogP contribution in [0.15, 0.2) is 30.3 Å². The molecule has 26 heavy (non-hydrogen) atoms. The minimum atomic E-state index is -0.144. The number of pyridine rings is 1. The largest absolute Gasteiger partial charge is 0.351 e. The maximum absolute atomic E-state index is 12.4. The molecule has 5 nitrogen and oxygen atoms in total. The van der Waals surface area contributed by atoms with E-state index in [-0.39, 0.29) is 17.7 Å². The van der Waals surface area contributed by atoms with Gasteiger partial charge >= 0.3 is 0 Å². The number of fused-ring (bicyclic) bond motifs is 1. The molecule has 4 rings (SSSR count). The van der Waals surface area contributed by atoms with E-state index in [1.807, 2.05) is 25.1 Å². The fraction of sp³-hybridized carbons (Fsp3) is 0.278. The number of nitrogens with zero attached hydrogens (tertiary/aromatic N) is 2. The number of aromatic nitrogens is 1. The first kappa shape index (κ1) is 17.5. The molecule has 2 amide bonds. The number of thiophene rings is 2. The highest BCUT2D eigenvalue weighted by Gasteiger charge is 2.32. The molecule has 0 aliphatic carbocycles. The summed E-state index contributed by atoms with van der Waals surface area (Å²) in [5.41, 5.74) is 0.966. The predicted octanol–water partition coefficient (Wildman–Crippen LogP) is 4.10. The van der Waals surface area contributed by atoms with Gasteiger partial charge in [0.2, 0.25) is 5.91 Å². The Morgan fingerprint density at radius 2 is 2.19 bits per heavy atom. The van der Waals surface area contributed by atoms with Gasteiger partial charge in [-0.15, -0.1) is 11.3 Å². The average molecular weight is 406 g/mol. The monoisotopic (exact) mass is 405 g/mol. The molecule has 0 radical (unpaired) electrons. The van der Waals surface area contributed by atoms with Crippen molar-refractivity contribution in [3.63, 3.8) is 0 Å². The Morgan fingerprint density at radius 3 is 2.96 bits per heavy atom. The summed E-state index contributed by atoms with van der Waals surface area (Å²) < 4.78 is 0.589. The van der Waals surface area contributed by atoms with E-state index in [0.29, 0.717) is 28.7 Å². The SMILES string of the molecule is Cc1ccc2cc(N3C[C@H](CNC(=O)c4ccc(Cl)s4)CC3=O)sc2n1. The van der Waals surface area contributed by atoms with Gasteiger partial charge in [-0.1, -0.05) is 29.0 Å². The first-order chi connectivity index (χ1) is 12.5. The van der Waals surface area contributed by atoms with E-state index in [1.54, 1.807) is 17.0 Å². The van der Waals surface area contributed by atoms with Crippen molar-refractivity contribution in [3.05, 3.63) is 45.2 Å². The third-order valence-corrected chi connectivity index (χ3v) is 6.63. The van der Waals surface area contributed by atoms with Crippen LogP contribution in [0.2, 0.25) is 4.34 Å². The lowest BCUT2D eigenvalue weighted by molar-refractivity contribution is -0.117. The molecule has 1 fully saturated rings. The number of nitrogens with one attached hydrogen (secondary N) is 1. The van der Waals surface area contributed by atoms with Crippen LogP contribution in [-0.4, -0.2) is 29.9 Å². The van der Waals surface area contributed by atoms with E-state index >= 15 is 0 Å². The molecule has 0 unspecified atom stereocenters. The number of hydrogen-bond donors (Lipinski definition) is 1. The number of anilines is 1. The molecule has 1 atom stereocenters. The van der Waals surface area contributed by atoms with E-state index in [0.717, 1.165) is 20.9 Å². The zero-order chi connectivity index (χ0) is 18.3. The number of carbonyl (C=O) groups is 2. The summed E-state index contributed by atoms with van der Waals surface area (Å²) in [5, 5.41) is 4.88. The van der Waals surface area contributed by atoms with E-state index in [2.05, 4.69) is 10.3 Å².